The normalized spacial score (nSPS) is 19.1. The van der Waals surface area contributed by atoms with E-state index < -0.39 is 17.4 Å². The highest BCUT2D eigenvalue weighted by Gasteiger charge is 2.42. The van der Waals surface area contributed by atoms with Crippen molar-refractivity contribution in [2.24, 2.45) is 0 Å². The number of piperazine rings is 1. The Hall–Kier alpha value is -1.43. The molecule has 1 aliphatic heterocycles. The van der Waals surface area contributed by atoms with Crippen LogP contribution in [0.25, 0.3) is 0 Å². The van der Waals surface area contributed by atoms with E-state index in [0.29, 0.717) is 13.0 Å². The second-order valence-electron chi connectivity index (χ2n) is 4.51. The molecule has 0 saturated carbocycles. The van der Waals surface area contributed by atoms with Gasteiger partial charge in [-0.3, -0.25) is 19.7 Å². The summed E-state index contributed by atoms with van der Waals surface area (Å²) < 4.78 is 4.86. The summed E-state index contributed by atoms with van der Waals surface area (Å²) in [6, 6.07) is 0. The summed E-state index contributed by atoms with van der Waals surface area (Å²) in [5.41, 5.74) is -0.974. The van der Waals surface area contributed by atoms with E-state index in [1.807, 2.05) is 0 Å². The van der Waals surface area contributed by atoms with Gasteiger partial charge in [0.2, 0.25) is 11.8 Å². The number of carbonyl (C=O) groups is 3. The van der Waals surface area contributed by atoms with Crippen molar-refractivity contribution in [2.75, 3.05) is 20.3 Å². The molecule has 96 valence electrons. The molecule has 17 heavy (non-hydrogen) atoms. The van der Waals surface area contributed by atoms with Gasteiger partial charge in [0, 0.05) is 20.1 Å². The van der Waals surface area contributed by atoms with Crippen molar-refractivity contribution < 1.29 is 19.1 Å². The van der Waals surface area contributed by atoms with Crippen LogP contribution in [0, 0.1) is 0 Å². The van der Waals surface area contributed by atoms with E-state index in [-0.39, 0.29) is 18.9 Å². The maximum Gasteiger partial charge on any atom is 0.252 e. The highest BCUT2D eigenvalue weighted by molar-refractivity contribution is 6.06. The lowest BCUT2D eigenvalue weighted by Crippen LogP contribution is -2.65. The highest BCUT2D eigenvalue weighted by Crippen LogP contribution is 2.19. The number of carbonyl (C=O) groups excluding carboxylic acids is 3. The standard InChI is InChI=1S/C11H18N2O4/c1-11(2)10(16)12-8(14)7-13(11)9(15)5-4-6-17-3/h4-7H2,1-3H3,(H,12,14,16). The lowest BCUT2D eigenvalue weighted by molar-refractivity contribution is -0.155. The summed E-state index contributed by atoms with van der Waals surface area (Å²) >= 11 is 0. The summed E-state index contributed by atoms with van der Waals surface area (Å²) in [6.07, 6.45) is 0.857. The molecule has 1 rings (SSSR count). The molecule has 1 N–H and O–H groups in total. The first-order chi connectivity index (χ1) is 7.89. The molecule has 0 atom stereocenters. The predicted molar refractivity (Wildman–Crippen MR) is 60.1 cm³/mol. The van der Waals surface area contributed by atoms with Gasteiger partial charge in [-0.15, -0.1) is 0 Å². The quantitative estimate of drug-likeness (QED) is 0.541. The number of imide groups is 1. The predicted octanol–water partition coefficient (Wildman–Crippen LogP) is -0.323. The summed E-state index contributed by atoms with van der Waals surface area (Å²) in [4.78, 5) is 36.1. The Morgan fingerprint density at radius 1 is 1.47 bits per heavy atom. The number of hydrogen-bond donors (Lipinski definition) is 1. The molecule has 0 aromatic carbocycles. The number of amides is 3. The molecule has 1 fully saturated rings. The van der Waals surface area contributed by atoms with Crippen LogP contribution in [0.2, 0.25) is 0 Å². The monoisotopic (exact) mass is 242 g/mol. The van der Waals surface area contributed by atoms with E-state index in [1.54, 1.807) is 21.0 Å². The Bertz CT molecular complexity index is 338. The number of nitrogens with zero attached hydrogens (tertiary/aromatic N) is 1. The molecule has 6 nitrogen and oxygen atoms in total. The topological polar surface area (TPSA) is 75.7 Å². The van der Waals surface area contributed by atoms with E-state index in [1.165, 1.54) is 4.90 Å². The molecule has 0 bridgehead atoms. The molecule has 0 aromatic heterocycles. The summed E-state index contributed by atoms with van der Waals surface area (Å²) in [5, 5.41) is 2.23. The van der Waals surface area contributed by atoms with E-state index in [2.05, 4.69) is 5.32 Å². The van der Waals surface area contributed by atoms with Crippen molar-refractivity contribution in [3.05, 3.63) is 0 Å². The zero-order valence-corrected chi connectivity index (χ0v) is 10.4. The smallest absolute Gasteiger partial charge is 0.252 e. The van der Waals surface area contributed by atoms with Gasteiger partial charge in [-0.25, -0.2) is 0 Å². The van der Waals surface area contributed by atoms with Crippen molar-refractivity contribution in [1.82, 2.24) is 10.2 Å². The average molecular weight is 242 g/mol. The Kier molecular flexibility index (Phi) is 4.22. The van der Waals surface area contributed by atoms with Crippen LogP contribution in [0.4, 0.5) is 0 Å². The molecule has 1 saturated heterocycles. The first-order valence-electron chi connectivity index (χ1n) is 5.53. The fraction of sp³-hybridized carbons (Fsp3) is 0.727. The molecule has 0 radical (unpaired) electrons. The first kappa shape index (κ1) is 13.6. The van der Waals surface area contributed by atoms with Gasteiger partial charge in [-0.2, -0.15) is 0 Å². The lowest BCUT2D eigenvalue weighted by Gasteiger charge is -2.40. The van der Waals surface area contributed by atoms with Gasteiger partial charge in [-0.1, -0.05) is 0 Å². The van der Waals surface area contributed by atoms with E-state index >= 15 is 0 Å². The van der Waals surface area contributed by atoms with Crippen LogP contribution < -0.4 is 5.32 Å². The molecule has 6 heteroatoms. The van der Waals surface area contributed by atoms with Gasteiger partial charge >= 0.3 is 0 Å². The third-order valence-corrected chi connectivity index (χ3v) is 2.83. The van der Waals surface area contributed by atoms with Crippen LogP contribution in [0.1, 0.15) is 26.7 Å². The number of methoxy groups -OCH3 is 1. The second kappa shape index (κ2) is 5.27. The van der Waals surface area contributed by atoms with Crippen LogP contribution in [-0.2, 0) is 19.1 Å². The van der Waals surface area contributed by atoms with Gasteiger partial charge in [0.15, 0.2) is 0 Å². The van der Waals surface area contributed by atoms with Crippen molar-refractivity contribution in [3.8, 4) is 0 Å². The number of nitrogens with one attached hydrogen (secondary N) is 1. The maximum absolute atomic E-state index is 11.9. The van der Waals surface area contributed by atoms with Crippen LogP contribution in [0.3, 0.4) is 0 Å². The maximum atomic E-state index is 11.9. The number of rotatable bonds is 4. The van der Waals surface area contributed by atoms with Crippen LogP contribution in [0.15, 0.2) is 0 Å². The Morgan fingerprint density at radius 2 is 2.12 bits per heavy atom. The van der Waals surface area contributed by atoms with Crippen molar-refractivity contribution in [1.29, 1.82) is 0 Å². The second-order valence-corrected chi connectivity index (χ2v) is 4.51. The SMILES string of the molecule is COCCCC(=O)N1CC(=O)NC(=O)C1(C)C. The van der Waals surface area contributed by atoms with E-state index in [9.17, 15) is 14.4 Å². The zero-order chi connectivity index (χ0) is 13.1. The van der Waals surface area contributed by atoms with E-state index in [4.69, 9.17) is 4.74 Å². The van der Waals surface area contributed by atoms with Gasteiger partial charge in [0.05, 0.1) is 0 Å². The molecule has 0 spiro atoms. The van der Waals surface area contributed by atoms with Crippen molar-refractivity contribution in [3.63, 3.8) is 0 Å². The molecule has 0 aliphatic carbocycles. The molecule has 0 unspecified atom stereocenters. The van der Waals surface area contributed by atoms with Crippen molar-refractivity contribution >= 4 is 17.7 Å². The fourth-order valence-corrected chi connectivity index (χ4v) is 1.69. The highest BCUT2D eigenvalue weighted by atomic mass is 16.5. The summed E-state index contributed by atoms with van der Waals surface area (Å²) in [6.45, 7) is 3.68. The molecule has 0 aromatic rings. The lowest BCUT2D eigenvalue weighted by atomic mass is 9.98. The van der Waals surface area contributed by atoms with Crippen LogP contribution in [-0.4, -0.2) is 48.4 Å². The van der Waals surface area contributed by atoms with Crippen molar-refractivity contribution in [2.45, 2.75) is 32.2 Å². The Labute approximate surface area is 100 Å². The van der Waals surface area contributed by atoms with Crippen LogP contribution in [0.5, 0.6) is 0 Å². The first-order valence-corrected chi connectivity index (χ1v) is 5.53. The Balaban J connectivity index is 2.69. The molecule has 1 heterocycles. The average Bonchev–Trinajstić information content (AvgIpc) is 2.24. The zero-order valence-electron chi connectivity index (χ0n) is 10.4. The number of hydrogen-bond acceptors (Lipinski definition) is 4. The molecule has 3 amide bonds. The Morgan fingerprint density at radius 3 is 2.71 bits per heavy atom. The molecule has 1 aliphatic rings. The third-order valence-electron chi connectivity index (χ3n) is 2.83. The molecular weight excluding hydrogens is 224 g/mol. The summed E-state index contributed by atoms with van der Waals surface area (Å²) in [5.74, 6) is -1.07. The van der Waals surface area contributed by atoms with Crippen LogP contribution >= 0.6 is 0 Å². The number of ether oxygens (including phenoxy) is 1. The summed E-state index contributed by atoms with van der Waals surface area (Å²) in [7, 11) is 1.56. The largest absolute Gasteiger partial charge is 0.385 e. The molecular formula is C11H18N2O4. The van der Waals surface area contributed by atoms with Gasteiger partial charge in [-0.05, 0) is 20.3 Å². The fourth-order valence-electron chi connectivity index (χ4n) is 1.69. The van der Waals surface area contributed by atoms with Gasteiger partial charge in [0.1, 0.15) is 12.1 Å². The third kappa shape index (κ3) is 3.03. The minimum atomic E-state index is -0.974. The van der Waals surface area contributed by atoms with Gasteiger partial charge in [0.25, 0.3) is 5.91 Å². The van der Waals surface area contributed by atoms with Gasteiger partial charge < -0.3 is 9.64 Å². The minimum absolute atomic E-state index is 0.0649. The van der Waals surface area contributed by atoms with E-state index in [0.717, 1.165) is 0 Å². The minimum Gasteiger partial charge on any atom is -0.385 e.